The molecule has 15 heavy (non-hydrogen) atoms. The van der Waals surface area contributed by atoms with Crippen molar-refractivity contribution in [3.63, 3.8) is 0 Å². The molecule has 1 unspecified atom stereocenters. The molecule has 1 N–H and O–H groups in total. The van der Waals surface area contributed by atoms with Crippen molar-refractivity contribution in [3.8, 4) is 0 Å². The van der Waals surface area contributed by atoms with Crippen LogP contribution in [-0.2, 0) is 4.74 Å². The number of aromatic nitrogens is 2. The lowest BCUT2D eigenvalue weighted by molar-refractivity contribution is 0.181. The summed E-state index contributed by atoms with van der Waals surface area (Å²) in [4.78, 5) is 4.25. The molecule has 4 heteroatoms. The molecule has 0 radical (unpaired) electrons. The van der Waals surface area contributed by atoms with Crippen molar-refractivity contribution in [2.45, 2.75) is 19.4 Å². The second-order valence-corrected chi connectivity index (χ2v) is 3.46. The zero-order valence-corrected chi connectivity index (χ0v) is 9.44. The summed E-state index contributed by atoms with van der Waals surface area (Å²) >= 11 is 0. The molecule has 1 atom stereocenters. The van der Waals surface area contributed by atoms with Gasteiger partial charge < -0.3 is 14.6 Å². The molecule has 0 fully saturated rings. The van der Waals surface area contributed by atoms with Gasteiger partial charge in [0.2, 0.25) is 5.95 Å². The minimum atomic E-state index is 0.389. The summed E-state index contributed by atoms with van der Waals surface area (Å²) in [5, 5.41) is 3.19. The third-order valence-electron chi connectivity index (χ3n) is 2.29. The van der Waals surface area contributed by atoms with Crippen LogP contribution in [0.1, 0.15) is 19.4 Å². The molecule has 0 saturated carbocycles. The summed E-state index contributed by atoms with van der Waals surface area (Å²) in [6, 6.07) is 0.389. The lowest BCUT2D eigenvalue weighted by Crippen LogP contribution is -2.12. The quantitative estimate of drug-likeness (QED) is 0.699. The normalized spacial score (nSPS) is 12.4. The van der Waals surface area contributed by atoms with Crippen molar-refractivity contribution in [2.75, 3.05) is 25.6 Å². The molecule has 0 aliphatic carbocycles. The van der Waals surface area contributed by atoms with Gasteiger partial charge in [0.25, 0.3) is 0 Å². The summed E-state index contributed by atoms with van der Waals surface area (Å²) in [5.41, 5.74) is 0. The molecule has 1 heterocycles. The van der Waals surface area contributed by atoms with Crippen LogP contribution in [0.4, 0.5) is 5.95 Å². The third kappa shape index (κ3) is 3.40. The van der Waals surface area contributed by atoms with E-state index in [9.17, 15) is 0 Å². The van der Waals surface area contributed by atoms with Gasteiger partial charge in [-0.05, 0) is 13.3 Å². The second-order valence-electron chi connectivity index (χ2n) is 3.46. The summed E-state index contributed by atoms with van der Waals surface area (Å²) in [6.07, 6.45) is 6.58. The number of rotatable bonds is 7. The lowest BCUT2D eigenvalue weighted by Gasteiger charge is -2.16. The average molecular weight is 209 g/mol. The van der Waals surface area contributed by atoms with Crippen molar-refractivity contribution in [3.05, 3.63) is 25.0 Å². The maximum Gasteiger partial charge on any atom is 0.203 e. The highest BCUT2D eigenvalue weighted by Crippen LogP contribution is 2.16. The number of nitrogens with one attached hydrogen (secondary N) is 1. The molecule has 0 spiro atoms. The molecule has 0 aromatic carbocycles. The molecule has 84 valence electrons. The van der Waals surface area contributed by atoms with Crippen LogP contribution in [-0.4, -0.2) is 29.8 Å². The zero-order valence-electron chi connectivity index (χ0n) is 9.44. The molecule has 0 saturated heterocycles. The van der Waals surface area contributed by atoms with Crippen LogP contribution in [0.3, 0.4) is 0 Å². The first-order valence-corrected chi connectivity index (χ1v) is 5.16. The molecular weight excluding hydrogens is 190 g/mol. The van der Waals surface area contributed by atoms with E-state index >= 15 is 0 Å². The lowest BCUT2D eigenvalue weighted by atomic mass is 10.2. The average Bonchev–Trinajstić information content (AvgIpc) is 2.71. The molecule has 0 bridgehead atoms. The highest BCUT2D eigenvalue weighted by atomic mass is 16.5. The first kappa shape index (κ1) is 11.8. The van der Waals surface area contributed by atoms with Crippen molar-refractivity contribution in [1.82, 2.24) is 9.55 Å². The van der Waals surface area contributed by atoms with Crippen molar-refractivity contribution >= 4 is 5.95 Å². The number of hydrogen-bond acceptors (Lipinski definition) is 3. The van der Waals surface area contributed by atoms with E-state index < -0.39 is 0 Å². The Morgan fingerprint density at radius 1 is 1.73 bits per heavy atom. The van der Waals surface area contributed by atoms with E-state index in [1.807, 2.05) is 12.3 Å². The Labute approximate surface area is 91.0 Å². The molecule has 1 aromatic rings. The van der Waals surface area contributed by atoms with Gasteiger partial charge >= 0.3 is 0 Å². The monoisotopic (exact) mass is 209 g/mol. The van der Waals surface area contributed by atoms with E-state index in [-0.39, 0.29) is 0 Å². The van der Waals surface area contributed by atoms with Crippen LogP contribution in [0.25, 0.3) is 0 Å². The highest BCUT2D eigenvalue weighted by Gasteiger charge is 2.08. The molecule has 1 aromatic heterocycles. The van der Waals surface area contributed by atoms with E-state index in [1.165, 1.54) is 0 Å². The van der Waals surface area contributed by atoms with E-state index in [0.29, 0.717) is 6.04 Å². The van der Waals surface area contributed by atoms with E-state index in [0.717, 1.165) is 25.5 Å². The van der Waals surface area contributed by atoms with Crippen LogP contribution >= 0.6 is 0 Å². The number of anilines is 1. The fourth-order valence-electron chi connectivity index (χ4n) is 1.40. The summed E-state index contributed by atoms with van der Waals surface area (Å²) in [7, 11) is 1.72. The Morgan fingerprint density at radius 2 is 2.53 bits per heavy atom. The predicted octanol–water partition coefficient (Wildman–Crippen LogP) is 2.08. The van der Waals surface area contributed by atoms with E-state index in [2.05, 4.69) is 28.4 Å². The Balaban J connectivity index is 2.58. The minimum absolute atomic E-state index is 0.389. The van der Waals surface area contributed by atoms with Crippen LogP contribution in [0.15, 0.2) is 25.0 Å². The number of ether oxygens (including phenoxy) is 1. The van der Waals surface area contributed by atoms with Gasteiger partial charge in [-0.15, -0.1) is 6.58 Å². The zero-order chi connectivity index (χ0) is 11.1. The van der Waals surface area contributed by atoms with Crippen LogP contribution in [0, 0.1) is 0 Å². The number of hydrogen-bond donors (Lipinski definition) is 1. The second kappa shape index (κ2) is 6.24. The van der Waals surface area contributed by atoms with Crippen molar-refractivity contribution in [1.29, 1.82) is 0 Å². The summed E-state index contributed by atoms with van der Waals surface area (Å²) < 4.78 is 7.17. The van der Waals surface area contributed by atoms with E-state index in [1.54, 1.807) is 13.3 Å². The highest BCUT2D eigenvalue weighted by molar-refractivity contribution is 5.27. The Morgan fingerprint density at radius 3 is 3.20 bits per heavy atom. The van der Waals surface area contributed by atoms with Crippen molar-refractivity contribution < 1.29 is 4.74 Å². The van der Waals surface area contributed by atoms with Crippen LogP contribution in [0.2, 0.25) is 0 Å². The van der Waals surface area contributed by atoms with Gasteiger partial charge in [-0.3, -0.25) is 0 Å². The maximum atomic E-state index is 5.06. The fraction of sp³-hybridized carbons (Fsp3) is 0.545. The molecular formula is C11H19N3O. The first-order valence-electron chi connectivity index (χ1n) is 5.16. The third-order valence-corrected chi connectivity index (χ3v) is 2.29. The first-order chi connectivity index (χ1) is 7.29. The maximum absolute atomic E-state index is 5.06. The minimum Gasteiger partial charge on any atom is -0.385 e. The Bertz CT molecular complexity index is 296. The molecule has 1 rings (SSSR count). The number of nitrogens with zero attached hydrogens (tertiary/aromatic N) is 2. The van der Waals surface area contributed by atoms with Gasteiger partial charge in [-0.25, -0.2) is 4.98 Å². The largest absolute Gasteiger partial charge is 0.385 e. The molecule has 0 amide bonds. The van der Waals surface area contributed by atoms with Crippen LogP contribution < -0.4 is 5.32 Å². The molecule has 0 aliphatic heterocycles. The van der Waals surface area contributed by atoms with Crippen molar-refractivity contribution in [2.24, 2.45) is 0 Å². The van der Waals surface area contributed by atoms with Gasteiger partial charge in [0.15, 0.2) is 0 Å². The van der Waals surface area contributed by atoms with Gasteiger partial charge in [-0.2, -0.15) is 0 Å². The van der Waals surface area contributed by atoms with E-state index in [4.69, 9.17) is 4.74 Å². The van der Waals surface area contributed by atoms with Gasteiger partial charge in [0.1, 0.15) is 0 Å². The topological polar surface area (TPSA) is 39.1 Å². The molecule has 0 aliphatic rings. The number of imidazole rings is 1. The van der Waals surface area contributed by atoms with Gasteiger partial charge in [-0.1, -0.05) is 6.08 Å². The summed E-state index contributed by atoms with van der Waals surface area (Å²) in [6.45, 7) is 7.31. The summed E-state index contributed by atoms with van der Waals surface area (Å²) in [5.74, 6) is 0.888. The Hall–Kier alpha value is -1.29. The SMILES string of the molecule is C=CCNc1nccn1C(C)CCOC. The van der Waals surface area contributed by atoms with Gasteiger partial charge in [0.05, 0.1) is 0 Å². The number of methoxy groups -OCH3 is 1. The van der Waals surface area contributed by atoms with Gasteiger partial charge in [0, 0.05) is 38.7 Å². The molecule has 4 nitrogen and oxygen atoms in total. The predicted molar refractivity (Wildman–Crippen MR) is 62.1 cm³/mol. The fourth-order valence-corrected chi connectivity index (χ4v) is 1.40. The van der Waals surface area contributed by atoms with Crippen LogP contribution in [0.5, 0.6) is 0 Å². The Kier molecular flexibility index (Phi) is 4.90. The standard InChI is InChI=1S/C11H19N3O/c1-4-6-12-11-13-7-8-14(11)10(2)5-9-15-3/h4,7-8,10H,1,5-6,9H2,2-3H3,(H,12,13). The smallest absolute Gasteiger partial charge is 0.203 e.